The molecule has 19 heavy (non-hydrogen) atoms. The summed E-state index contributed by atoms with van der Waals surface area (Å²) in [5.74, 6) is -0.0878. The molecular formula is C15H13N3O. The van der Waals surface area contributed by atoms with Crippen LogP contribution in [0.4, 0.5) is 0 Å². The average Bonchev–Trinajstić information content (AvgIpc) is 2.47. The van der Waals surface area contributed by atoms with Crippen LogP contribution in [0.2, 0.25) is 0 Å². The summed E-state index contributed by atoms with van der Waals surface area (Å²) in [6.07, 6.45) is 1.70. The van der Waals surface area contributed by atoms with Crippen LogP contribution in [-0.4, -0.2) is 22.8 Å². The summed E-state index contributed by atoms with van der Waals surface area (Å²) in [5.41, 5.74) is 1.95. The highest BCUT2D eigenvalue weighted by Gasteiger charge is 2.12. The van der Waals surface area contributed by atoms with Gasteiger partial charge in [0.25, 0.3) is 5.91 Å². The molecule has 0 radical (unpaired) electrons. The van der Waals surface area contributed by atoms with E-state index in [-0.39, 0.29) is 5.91 Å². The van der Waals surface area contributed by atoms with Crippen molar-refractivity contribution >= 4 is 5.91 Å². The van der Waals surface area contributed by atoms with Gasteiger partial charge in [-0.05, 0) is 36.4 Å². The highest BCUT2D eigenvalue weighted by atomic mass is 16.2. The molecule has 0 saturated heterocycles. The van der Waals surface area contributed by atoms with Crippen LogP contribution in [0.3, 0.4) is 0 Å². The molecule has 0 aliphatic rings. The first-order valence-electron chi connectivity index (χ1n) is 5.86. The number of nitriles is 1. The second-order valence-corrected chi connectivity index (χ2v) is 4.17. The fraction of sp³-hybridized carbons (Fsp3) is 0.133. The van der Waals surface area contributed by atoms with Crippen molar-refractivity contribution in [2.45, 2.75) is 6.54 Å². The molecule has 0 N–H and O–H groups in total. The number of aromatic nitrogens is 1. The monoisotopic (exact) mass is 251 g/mol. The zero-order chi connectivity index (χ0) is 13.7. The van der Waals surface area contributed by atoms with Crippen molar-refractivity contribution in [2.24, 2.45) is 0 Å². The minimum Gasteiger partial charge on any atom is -0.336 e. The van der Waals surface area contributed by atoms with Crippen LogP contribution >= 0.6 is 0 Å². The molecule has 0 aliphatic carbocycles. The SMILES string of the molecule is CN(Cc1ccccn1)C(=O)c1ccc(C#N)cc1. The maximum absolute atomic E-state index is 12.2. The maximum Gasteiger partial charge on any atom is 0.253 e. The lowest BCUT2D eigenvalue weighted by Crippen LogP contribution is -2.26. The fourth-order valence-electron chi connectivity index (χ4n) is 1.71. The summed E-state index contributed by atoms with van der Waals surface area (Å²) in [6.45, 7) is 0.458. The van der Waals surface area contributed by atoms with Crippen LogP contribution in [0.1, 0.15) is 21.6 Å². The van der Waals surface area contributed by atoms with Crippen LogP contribution in [0, 0.1) is 11.3 Å². The van der Waals surface area contributed by atoms with Crippen molar-refractivity contribution in [1.29, 1.82) is 5.26 Å². The maximum atomic E-state index is 12.2. The molecule has 0 saturated carbocycles. The van der Waals surface area contributed by atoms with Crippen molar-refractivity contribution in [1.82, 2.24) is 9.88 Å². The number of carbonyl (C=O) groups is 1. The second kappa shape index (κ2) is 5.78. The molecule has 1 aromatic carbocycles. The van der Waals surface area contributed by atoms with Crippen molar-refractivity contribution in [3.63, 3.8) is 0 Å². The minimum absolute atomic E-state index is 0.0878. The van der Waals surface area contributed by atoms with Crippen LogP contribution in [0.25, 0.3) is 0 Å². The normalized spacial score (nSPS) is 9.68. The number of rotatable bonds is 3. The zero-order valence-corrected chi connectivity index (χ0v) is 10.6. The van der Waals surface area contributed by atoms with Crippen LogP contribution in [0.5, 0.6) is 0 Å². The molecule has 0 bridgehead atoms. The Kier molecular flexibility index (Phi) is 3.89. The fourth-order valence-corrected chi connectivity index (χ4v) is 1.71. The molecule has 0 spiro atoms. The smallest absolute Gasteiger partial charge is 0.253 e. The number of nitrogens with zero attached hydrogens (tertiary/aromatic N) is 3. The number of hydrogen-bond donors (Lipinski definition) is 0. The Hall–Kier alpha value is -2.67. The quantitative estimate of drug-likeness (QED) is 0.840. The van der Waals surface area contributed by atoms with Crippen LogP contribution in [0.15, 0.2) is 48.7 Å². The van der Waals surface area contributed by atoms with Crippen molar-refractivity contribution in [2.75, 3.05) is 7.05 Å². The van der Waals surface area contributed by atoms with Crippen LogP contribution in [-0.2, 0) is 6.54 Å². The summed E-state index contributed by atoms with van der Waals surface area (Å²) in [4.78, 5) is 18.0. The van der Waals surface area contributed by atoms with Gasteiger partial charge >= 0.3 is 0 Å². The van der Waals surface area contributed by atoms with Gasteiger partial charge in [-0.15, -0.1) is 0 Å². The predicted molar refractivity (Wildman–Crippen MR) is 71.2 cm³/mol. The summed E-state index contributed by atoms with van der Waals surface area (Å²) in [7, 11) is 1.73. The van der Waals surface area contributed by atoms with E-state index in [1.54, 1.807) is 42.4 Å². The highest BCUT2D eigenvalue weighted by Crippen LogP contribution is 2.08. The Bertz CT molecular complexity index is 600. The summed E-state index contributed by atoms with van der Waals surface area (Å²) in [5, 5.41) is 8.72. The van der Waals surface area contributed by atoms with Gasteiger partial charge in [-0.25, -0.2) is 0 Å². The molecule has 2 aromatic rings. The van der Waals surface area contributed by atoms with Gasteiger partial charge in [0.05, 0.1) is 23.9 Å². The van der Waals surface area contributed by atoms with Crippen molar-refractivity contribution in [3.8, 4) is 6.07 Å². The molecule has 1 amide bonds. The van der Waals surface area contributed by atoms with Crippen LogP contribution < -0.4 is 0 Å². The van der Waals surface area contributed by atoms with E-state index < -0.39 is 0 Å². The average molecular weight is 251 g/mol. The lowest BCUT2D eigenvalue weighted by atomic mass is 10.1. The first-order valence-corrected chi connectivity index (χ1v) is 5.86. The molecule has 0 fully saturated rings. The number of benzene rings is 1. The van der Waals surface area contributed by atoms with E-state index >= 15 is 0 Å². The molecular weight excluding hydrogens is 238 g/mol. The summed E-state index contributed by atoms with van der Waals surface area (Å²) in [6, 6.07) is 14.2. The standard InChI is InChI=1S/C15H13N3O/c1-18(11-14-4-2-3-9-17-14)15(19)13-7-5-12(10-16)6-8-13/h2-9H,11H2,1H3. The van der Waals surface area contributed by atoms with Gasteiger partial charge in [-0.3, -0.25) is 9.78 Å². The van der Waals surface area contributed by atoms with E-state index in [1.807, 2.05) is 24.3 Å². The Morgan fingerprint density at radius 3 is 2.58 bits per heavy atom. The minimum atomic E-state index is -0.0878. The molecule has 4 nitrogen and oxygen atoms in total. The van der Waals surface area contributed by atoms with E-state index in [1.165, 1.54) is 0 Å². The molecule has 0 aliphatic heterocycles. The third-order valence-corrected chi connectivity index (χ3v) is 2.73. The van der Waals surface area contributed by atoms with Gasteiger partial charge in [0.2, 0.25) is 0 Å². The number of carbonyl (C=O) groups excluding carboxylic acids is 1. The highest BCUT2D eigenvalue weighted by molar-refractivity contribution is 5.94. The largest absolute Gasteiger partial charge is 0.336 e. The molecule has 0 unspecified atom stereocenters. The van der Waals surface area contributed by atoms with Gasteiger partial charge in [0.1, 0.15) is 0 Å². The molecule has 94 valence electrons. The number of hydrogen-bond acceptors (Lipinski definition) is 3. The topological polar surface area (TPSA) is 57.0 Å². The lowest BCUT2D eigenvalue weighted by Gasteiger charge is -2.16. The first kappa shape index (κ1) is 12.8. The zero-order valence-electron chi connectivity index (χ0n) is 10.6. The summed E-state index contributed by atoms with van der Waals surface area (Å²) < 4.78 is 0. The Labute approximate surface area is 111 Å². The molecule has 1 heterocycles. The van der Waals surface area contributed by atoms with E-state index in [2.05, 4.69) is 4.98 Å². The molecule has 1 aromatic heterocycles. The number of amides is 1. The first-order chi connectivity index (χ1) is 9.20. The Balaban J connectivity index is 2.08. The van der Waals surface area contributed by atoms with Gasteiger partial charge in [0, 0.05) is 18.8 Å². The van der Waals surface area contributed by atoms with Crippen molar-refractivity contribution in [3.05, 3.63) is 65.5 Å². The van der Waals surface area contributed by atoms with Gasteiger partial charge < -0.3 is 4.90 Å². The Morgan fingerprint density at radius 1 is 1.26 bits per heavy atom. The second-order valence-electron chi connectivity index (χ2n) is 4.17. The van der Waals surface area contributed by atoms with Crippen molar-refractivity contribution < 1.29 is 4.79 Å². The number of pyridine rings is 1. The van der Waals surface area contributed by atoms with Gasteiger partial charge in [0.15, 0.2) is 0 Å². The summed E-state index contributed by atoms with van der Waals surface area (Å²) >= 11 is 0. The Morgan fingerprint density at radius 2 is 2.00 bits per heavy atom. The van der Waals surface area contributed by atoms with E-state index in [9.17, 15) is 4.79 Å². The third-order valence-electron chi connectivity index (χ3n) is 2.73. The molecule has 0 atom stereocenters. The van der Waals surface area contributed by atoms with E-state index in [0.717, 1.165) is 5.69 Å². The molecule has 4 heteroatoms. The van der Waals surface area contributed by atoms with Gasteiger partial charge in [-0.1, -0.05) is 6.07 Å². The lowest BCUT2D eigenvalue weighted by molar-refractivity contribution is 0.0783. The van der Waals surface area contributed by atoms with E-state index in [4.69, 9.17) is 5.26 Å². The van der Waals surface area contributed by atoms with E-state index in [0.29, 0.717) is 17.7 Å². The molecule has 2 rings (SSSR count). The predicted octanol–water partition coefficient (Wildman–Crippen LogP) is 2.23. The van der Waals surface area contributed by atoms with Gasteiger partial charge in [-0.2, -0.15) is 5.26 Å². The third kappa shape index (κ3) is 3.17.